The number of thiol groups is 1. The van der Waals surface area contributed by atoms with Gasteiger partial charge in [0.05, 0.1) is 0 Å². The minimum Gasteiger partial charge on any atom is -0.317 e. The van der Waals surface area contributed by atoms with Crippen molar-refractivity contribution in [1.82, 2.24) is 9.29 Å². The Labute approximate surface area is 103 Å². The molecule has 90 valence electrons. The maximum atomic E-state index is 12.6. The first-order valence-electron chi connectivity index (χ1n) is 4.09. The van der Waals surface area contributed by atoms with Crippen molar-refractivity contribution in [2.75, 3.05) is 0 Å². The molecule has 0 unspecified atom stereocenters. The largest absolute Gasteiger partial charge is 0.408 e. The molecule has 1 N–H and O–H groups in total. The van der Waals surface area contributed by atoms with Crippen molar-refractivity contribution in [3.05, 3.63) is 32.7 Å². The number of aromatic nitrogens is 1. The lowest BCUT2D eigenvalue weighted by Gasteiger charge is -2.20. The summed E-state index contributed by atoms with van der Waals surface area (Å²) in [7, 11) is 1.45. The molecule has 1 heterocycles. The Bertz CT molecular complexity index is 446. The molecule has 0 amide bonds. The molecule has 3 nitrogen and oxygen atoms in total. The highest BCUT2D eigenvalue weighted by molar-refractivity contribution is 9.10. The number of nitrogens with one attached hydrogen (secondary N) is 1. The van der Waals surface area contributed by atoms with Gasteiger partial charge >= 0.3 is 6.18 Å². The predicted octanol–water partition coefficient (Wildman–Crippen LogP) is 2.19. The number of pyridine rings is 1. The molecule has 0 saturated carbocycles. The quantitative estimate of drug-likeness (QED) is 0.820. The Kier molecular flexibility index (Phi) is 4.08. The van der Waals surface area contributed by atoms with Crippen LogP contribution in [0.5, 0.6) is 0 Å². The van der Waals surface area contributed by atoms with Gasteiger partial charge in [-0.25, -0.2) is 0 Å². The van der Waals surface area contributed by atoms with E-state index in [0.29, 0.717) is 0 Å². The second-order valence-corrected chi connectivity index (χ2v) is 4.24. The molecule has 0 saturated heterocycles. The lowest BCUT2D eigenvalue weighted by atomic mass is 10.1. The van der Waals surface area contributed by atoms with Gasteiger partial charge in [-0.05, 0) is 15.9 Å². The third-order valence-electron chi connectivity index (χ3n) is 1.98. The van der Waals surface area contributed by atoms with Crippen LogP contribution >= 0.6 is 28.7 Å². The number of alkyl halides is 3. The van der Waals surface area contributed by atoms with E-state index in [9.17, 15) is 18.0 Å². The highest BCUT2D eigenvalue weighted by atomic mass is 79.9. The maximum Gasteiger partial charge on any atom is 0.408 e. The van der Waals surface area contributed by atoms with Crippen LogP contribution in [0.4, 0.5) is 13.2 Å². The van der Waals surface area contributed by atoms with E-state index in [-0.39, 0.29) is 10.0 Å². The van der Waals surface area contributed by atoms with E-state index < -0.39 is 17.8 Å². The van der Waals surface area contributed by atoms with Gasteiger partial charge in [-0.2, -0.15) is 13.2 Å². The van der Waals surface area contributed by atoms with Crippen LogP contribution in [-0.4, -0.2) is 10.7 Å². The Morgan fingerprint density at radius 3 is 2.56 bits per heavy atom. The molecule has 1 aromatic rings. The van der Waals surface area contributed by atoms with E-state index in [1.54, 1.807) is 0 Å². The van der Waals surface area contributed by atoms with Gasteiger partial charge < -0.3 is 4.57 Å². The van der Waals surface area contributed by atoms with Crippen molar-refractivity contribution >= 4 is 28.7 Å². The summed E-state index contributed by atoms with van der Waals surface area (Å²) in [6.07, 6.45) is -3.24. The number of hydrogen-bond donors (Lipinski definition) is 2. The van der Waals surface area contributed by atoms with Gasteiger partial charge in [0.2, 0.25) is 0 Å². The summed E-state index contributed by atoms with van der Waals surface area (Å²) < 4.78 is 40.9. The second kappa shape index (κ2) is 4.80. The lowest BCUT2D eigenvalue weighted by molar-refractivity contribution is -0.152. The minimum atomic E-state index is -4.52. The fraction of sp³-hybridized carbons (Fsp3) is 0.375. The first kappa shape index (κ1) is 13.6. The van der Waals surface area contributed by atoms with Crippen molar-refractivity contribution < 1.29 is 13.2 Å². The van der Waals surface area contributed by atoms with Crippen molar-refractivity contribution in [1.29, 1.82) is 0 Å². The molecular formula is C8H8BrF3N2OS. The maximum absolute atomic E-state index is 12.6. The smallest absolute Gasteiger partial charge is 0.317 e. The van der Waals surface area contributed by atoms with Crippen LogP contribution in [0.1, 0.15) is 11.6 Å². The molecule has 1 rings (SSSR count). The molecule has 8 heteroatoms. The van der Waals surface area contributed by atoms with Crippen molar-refractivity contribution in [2.45, 2.75) is 12.2 Å². The number of nitrogens with zero attached hydrogens (tertiary/aromatic N) is 1. The van der Waals surface area contributed by atoms with Crippen molar-refractivity contribution in [2.24, 2.45) is 7.05 Å². The lowest BCUT2D eigenvalue weighted by Crippen LogP contribution is -2.31. The monoisotopic (exact) mass is 316 g/mol. The summed E-state index contributed by atoms with van der Waals surface area (Å²) in [6, 6.07) is -1.06. The minimum absolute atomic E-state index is 0.189. The van der Waals surface area contributed by atoms with Crippen LogP contribution in [-0.2, 0) is 7.05 Å². The van der Waals surface area contributed by atoms with Crippen LogP contribution in [0.25, 0.3) is 0 Å². The summed E-state index contributed by atoms with van der Waals surface area (Å²) in [5, 5.41) is 0. The van der Waals surface area contributed by atoms with E-state index in [1.807, 2.05) is 4.72 Å². The van der Waals surface area contributed by atoms with E-state index in [1.165, 1.54) is 17.8 Å². The van der Waals surface area contributed by atoms with Crippen LogP contribution in [0.2, 0.25) is 0 Å². The van der Waals surface area contributed by atoms with Gasteiger partial charge in [0.15, 0.2) is 0 Å². The molecule has 0 aromatic carbocycles. The molecule has 0 aliphatic heterocycles. The van der Waals surface area contributed by atoms with Crippen LogP contribution in [0.15, 0.2) is 21.5 Å². The van der Waals surface area contributed by atoms with Gasteiger partial charge in [0.1, 0.15) is 6.04 Å². The Balaban J connectivity index is 3.32. The van der Waals surface area contributed by atoms with Gasteiger partial charge in [0.25, 0.3) is 5.56 Å². The SMILES string of the molecule is Cn1cc(Br)c([C@@H](NS)C(F)(F)F)cc1=O. The zero-order valence-electron chi connectivity index (χ0n) is 8.05. The summed E-state index contributed by atoms with van der Waals surface area (Å²) in [4.78, 5) is 11.3. The zero-order chi connectivity index (χ0) is 12.5. The average molecular weight is 317 g/mol. The van der Waals surface area contributed by atoms with Crippen molar-refractivity contribution in [3.63, 3.8) is 0 Å². The molecule has 0 bridgehead atoms. The van der Waals surface area contributed by atoms with Gasteiger partial charge in [-0.15, -0.1) is 0 Å². The summed E-state index contributed by atoms with van der Waals surface area (Å²) in [5.74, 6) is 0. The predicted molar refractivity (Wildman–Crippen MR) is 60.3 cm³/mol. The highest BCUT2D eigenvalue weighted by Gasteiger charge is 2.41. The van der Waals surface area contributed by atoms with Gasteiger partial charge in [-0.1, -0.05) is 12.8 Å². The average Bonchev–Trinajstić information content (AvgIpc) is 2.12. The molecule has 0 aliphatic carbocycles. The van der Waals surface area contributed by atoms with E-state index in [4.69, 9.17) is 0 Å². The van der Waals surface area contributed by atoms with Crippen LogP contribution in [0.3, 0.4) is 0 Å². The molecule has 0 radical (unpaired) electrons. The molecule has 0 aliphatic rings. The normalized spacial score (nSPS) is 13.9. The van der Waals surface area contributed by atoms with E-state index in [2.05, 4.69) is 28.7 Å². The van der Waals surface area contributed by atoms with Crippen molar-refractivity contribution in [3.8, 4) is 0 Å². The topological polar surface area (TPSA) is 34.0 Å². The fourth-order valence-electron chi connectivity index (χ4n) is 1.15. The molecule has 0 fully saturated rings. The first-order valence-corrected chi connectivity index (χ1v) is 5.33. The molecule has 1 atom stereocenters. The van der Waals surface area contributed by atoms with Crippen LogP contribution in [0, 0.1) is 0 Å². The number of halogens is 4. The fourth-order valence-corrected chi connectivity index (χ4v) is 2.09. The number of hydrogen-bond acceptors (Lipinski definition) is 3. The standard InChI is InChI=1S/C8H8BrF3N2OS/c1-14-3-5(9)4(2-6(14)15)7(13-16)8(10,11)12/h2-3,7,13,16H,1H3/t7-/m1/s1. The summed E-state index contributed by atoms with van der Waals surface area (Å²) in [5.41, 5.74) is -0.707. The number of aryl methyl sites for hydroxylation is 1. The molecule has 1 aromatic heterocycles. The second-order valence-electron chi connectivity index (χ2n) is 3.13. The Hall–Kier alpha value is -0.470. The van der Waals surface area contributed by atoms with Crippen LogP contribution < -0.4 is 10.3 Å². The molecule has 16 heavy (non-hydrogen) atoms. The first-order chi connectivity index (χ1) is 7.27. The van der Waals surface area contributed by atoms with E-state index >= 15 is 0 Å². The summed E-state index contributed by atoms with van der Waals surface area (Å²) >= 11 is 6.41. The molecule has 0 spiro atoms. The highest BCUT2D eigenvalue weighted by Crippen LogP contribution is 2.35. The van der Waals surface area contributed by atoms with E-state index in [0.717, 1.165) is 6.07 Å². The Morgan fingerprint density at radius 1 is 1.56 bits per heavy atom. The van der Waals surface area contributed by atoms with Gasteiger partial charge in [-0.3, -0.25) is 9.52 Å². The molecular weight excluding hydrogens is 309 g/mol. The van der Waals surface area contributed by atoms with Gasteiger partial charge in [0, 0.05) is 29.3 Å². The third-order valence-corrected chi connectivity index (χ3v) is 2.90. The Morgan fingerprint density at radius 2 is 2.12 bits per heavy atom. The summed E-state index contributed by atoms with van der Waals surface area (Å²) in [6.45, 7) is 0. The third kappa shape index (κ3) is 2.80. The number of rotatable bonds is 2. The zero-order valence-corrected chi connectivity index (χ0v) is 10.5.